The van der Waals surface area contributed by atoms with Gasteiger partial charge in [-0.2, -0.15) is 0 Å². The molecule has 1 saturated heterocycles. The summed E-state index contributed by atoms with van der Waals surface area (Å²) in [6.07, 6.45) is 3.78. The third-order valence-corrected chi connectivity index (χ3v) is 3.97. The third-order valence-electron chi connectivity index (χ3n) is 3.14. The lowest BCUT2D eigenvalue weighted by atomic mass is 9.98. The Labute approximate surface area is 124 Å². The summed E-state index contributed by atoms with van der Waals surface area (Å²) in [6.45, 7) is 8.28. The first-order valence-electron chi connectivity index (χ1n) is 7.05. The molecule has 1 fully saturated rings. The van der Waals surface area contributed by atoms with Crippen molar-refractivity contribution in [1.82, 2.24) is 10.3 Å². The van der Waals surface area contributed by atoms with E-state index in [1.807, 2.05) is 32.3 Å². The van der Waals surface area contributed by atoms with E-state index in [-0.39, 0.29) is 6.09 Å². The number of aromatic nitrogens is 1. The van der Waals surface area contributed by atoms with E-state index in [1.54, 1.807) is 11.3 Å². The molecule has 2 rings (SSSR count). The minimum Gasteiger partial charge on any atom is -0.444 e. The van der Waals surface area contributed by atoms with Crippen LogP contribution in [0.2, 0.25) is 0 Å². The van der Waals surface area contributed by atoms with E-state index in [9.17, 15) is 4.79 Å². The monoisotopic (exact) mass is 297 g/mol. The van der Waals surface area contributed by atoms with Crippen molar-refractivity contribution in [2.45, 2.75) is 39.2 Å². The van der Waals surface area contributed by atoms with Crippen LogP contribution >= 0.6 is 11.3 Å². The van der Waals surface area contributed by atoms with Crippen LogP contribution in [0.1, 0.15) is 33.6 Å². The predicted molar refractivity (Wildman–Crippen MR) is 81.3 cm³/mol. The van der Waals surface area contributed by atoms with E-state index in [1.165, 1.54) is 0 Å². The van der Waals surface area contributed by atoms with Crippen LogP contribution in [0.15, 0.2) is 11.6 Å². The first-order valence-corrected chi connectivity index (χ1v) is 7.93. The van der Waals surface area contributed by atoms with Gasteiger partial charge in [-0.05, 0) is 39.5 Å². The van der Waals surface area contributed by atoms with E-state index in [0.29, 0.717) is 12.5 Å². The Morgan fingerprint density at radius 2 is 2.40 bits per heavy atom. The lowest BCUT2D eigenvalue weighted by Gasteiger charge is -2.32. The molecular formula is C14H23N3O2S. The van der Waals surface area contributed by atoms with Gasteiger partial charge in [0.15, 0.2) is 5.13 Å². The maximum absolute atomic E-state index is 11.7. The number of rotatable bonds is 3. The Hall–Kier alpha value is -1.30. The molecule has 1 aromatic heterocycles. The maximum Gasteiger partial charge on any atom is 0.407 e. The molecule has 5 nitrogen and oxygen atoms in total. The standard InChI is InChI=1S/C14H23N3O2S/c1-14(2,3)19-13(18)16-9-11-5-4-7-17(10-11)12-15-6-8-20-12/h6,8,11H,4-5,7,9-10H2,1-3H3,(H,16,18)/t11-/m0/s1. The molecule has 1 amide bonds. The van der Waals surface area contributed by atoms with Crippen molar-refractivity contribution >= 4 is 22.6 Å². The third kappa shape index (κ3) is 4.67. The Bertz CT molecular complexity index is 428. The molecular weight excluding hydrogens is 274 g/mol. The lowest BCUT2D eigenvalue weighted by Crippen LogP contribution is -2.42. The highest BCUT2D eigenvalue weighted by Crippen LogP contribution is 2.24. The van der Waals surface area contributed by atoms with Gasteiger partial charge in [-0.25, -0.2) is 9.78 Å². The van der Waals surface area contributed by atoms with Gasteiger partial charge in [-0.1, -0.05) is 0 Å². The van der Waals surface area contributed by atoms with E-state index >= 15 is 0 Å². The molecule has 6 heteroatoms. The number of nitrogens with one attached hydrogen (secondary N) is 1. The summed E-state index contributed by atoms with van der Waals surface area (Å²) in [5.41, 5.74) is -0.441. The van der Waals surface area contributed by atoms with E-state index in [2.05, 4.69) is 15.2 Å². The van der Waals surface area contributed by atoms with E-state index in [4.69, 9.17) is 4.74 Å². The SMILES string of the molecule is CC(C)(C)OC(=O)NC[C@@H]1CCCN(c2nccs2)C1. The Morgan fingerprint density at radius 1 is 1.60 bits per heavy atom. The molecule has 112 valence electrons. The first-order chi connectivity index (χ1) is 9.44. The van der Waals surface area contributed by atoms with Crippen molar-refractivity contribution in [2.75, 3.05) is 24.5 Å². The Morgan fingerprint density at radius 3 is 3.05 bits per heavy atom. The highest BCUT2D eigenvalue weighted by atomic mass is 32.1. The molecule has 0 bridgehead atoms. The van der Waals surface area contributed by atoms with Gasteiger partial charge in [0, 0.05) is 31.2 Å². The lowest BCUT2D eigenvalue weighted by molar-refractivity contribution is 0.0517. The summed E-state index contributed by atoms with van der Waals surface area (Å²) in [6, 6.07) is 0. The van der Waals surface area contributed by atoms with Crippen molar-refractivity contribution in [1.29, 1.82) is 0 Å². The second kappa shape index (κ2) is 6.43. The number of piperidine rings is 1. The zero-order valence-electron chi connectivity index (χ0n) is 12.4. The van der Waals surface area contributed by atoms with Crippen LogP contribution in [0, 0.1) is 5.92 Å². The summed E-state index contributed by atoms with van der Waals surface area (Å²) in [5, 5.41) is 5.94. The van der Waals surface area contributed by atoms with Gasteiger partial charge >= 0.3 is 6.09 Å². The highest BCUT2D eigenvalue weighted by Gasteiger charge is 2.23. The van der Waals surface area contributed by atoms with Crippen LogP contribution in [0.4, 0.5) is 9.93 Å². The van der Waals surface area contributed by atoms with Gasteiger partial charge in [0.25, 0.3) is 0 Å². The molecule has 1 aliphatic rings. The fraction of sp³-hybridized carbons (Fsp3) is 0.714. The van der Waals surface area contributed by atoms with Crippen LogP contribution in [-0.4, -0.2) is 36.3 Å². The zero-order valence-corrected chi connectivity index (χ0v) is 13.2. The van der Waals surface area contributed by atoms with Crippen molar-refractivity contribution in [3.05, 3.63) is 11.6 Å². The maximum atomic E-state index is 11.7. The van der Waals surface area contributed by atoms with Crippen LogP contribution in [0.25, 0.3) is 0 Å². The molecule has 2 heterocycles. The summed E-state index contributed by atoms with van der Waals surface area (Å²) in [7, 11) is 0. The van der Waals surface area contributed by atoms with E-state index in [0.717, 1.165) is 31.1 Å². The molecule has 1 aliphatic heterocycles. The van der Waals surface area contributed by atoms with Gasteiger partial charge in [0.05, 0.1) is 0 Å². The van der Waals surface area contributed by atoms with Crippen LogP contribution in [0.3, 0.4) is 0 Å². The number of carbonyl (C=O) groups is 1. The smallest absolute Gasteiger partial charge is 0.407 e. The molecule has 0 saturated carbocycles. The molecule has 0 aromatic carbocycles. The van der Waals surface area contributed by atoms with Gasteiger partial charge in [0.2, 0.25) is 0 Å². The molecule has 1 aromatic rings. The highest BCUT2D eigenvalue weighted by molar-refractivity contribution is 7.13. The van der Waals surface area contributed by atoms with E-state index < -0.39 is 5.60 Å². The Balaban J connectivity index is 1.77. The number of alkyl carbamates (subject to hydrolysis) is 1. The molecule has 0 spiro atoms. The fourth-order valence-corrected chi connectivity index (χ4v) is 3.00. The van der Waals surface area contributed by atoms with Gasteiger partial charge in [0.1, 0.15) is 5.60 Å². The number of ether oxygens (including phenoxy) is 1. The average molecular weight is 297 g/mol. The number of thiazole rings is 1. The van der Waals surface area contributed by atoms with Crippen molar-refractivity contribution in [3.63, 3.8) is 0 Å². The van der Waals surface area contributed by atoms with Crippen molar-refractivity contribution < 1.29 is 9.53 Å². The summed E-state index contributed by atoms with van der Waals surface area (Å²) >= 11 is 1.67. The minimum absolute atomic E-state index is 0.330. The first kappa shape index (κ1) is 15.1. The summed E-state index contributed by atoms with van der Waals surface area (Å²) < 4.78 is 5.25. The molecule has 0 aliphatic carbocycles. The van der Waals surface area contributed by atoms with Crippen LogP contribution in [0.5, 0.6) is 0 Å². The number of nitrogens with zero attached hydrogens (tertiary/aromatic N) is 2. The number of hydrogen-bond acceptors (Lipinski definition) is 5. The number of carbonyl (C=O) groups excluding carboxylic acids is 1. The quantitative estimate of drug-likeness (QED) is 0.932. The minimum atomic E-state index is -0.441. The molecule has 0 radical (unpaired) electrons. The van der Waals surface area contributed by atoms with Crippen LogP contribution < -0.4 is 10.2 Å². The molecule has 1 N–H and O–H groups in total. The largest absolute Gasteiger partial charge is 0.444 e. The summed E-state index contributed by atoms with van der Waals surface area (Å²) in [4.78, 5) is 18.3. The number of amides is 1. The predicted octanol–water partition coefficient (Wildman–Crippen LogP) is 2.88. The molecule has 0 unspecified atom stereocenters. The Kier molecular flexibility index (Phi) is 4.86. The second-order valence-corrected chi connectivity index (χ2v) is 7.02. The molecule has 20 heavy (non-hydrogen) atoms. The van der Waals surface area contributed by atoms with Crippen molar-refractivity contribution in [3.8, 4) is 0 Å². The van der Waals surface area contributed by atoms with Gasteiger partial charge in [-0.15, -0.1) is 11.3 Å². The fourth-order valence-electron chi connectivity index (χ4n) is 2.32. The topological polar surface area (TPSA) is 54.5 Å². The van der Waals surface area contributed by atoms with Gasteiger partial charge in [-0.3, -0.25) is 0 Å². The molecule has 1 atom stereocenters. The van der Waals surface area contributed by atoms with Crippen LogP contribution in [-0.2, 0) is 4.74 Å². The van der Waals surface area contributed by atoms with Gasteiger partial charge < -0.3 is 15.0 Å². The summed E-state index contributed by atoms with van der Waals surface area (Å²) in [5.74, 6) is 0.458. The number of hydrogen-bond donors (Lipinski definition) is 1. The van der Waals surface area contributed by atoms with Crippen molar-refractivity contribution in [2.24, 2.45) is 5.92 Å². The zero-order chi connectivity index (χ0) is 14.6. The average Bonchev–Trinajstić information content (AvgIpc) is 2.88. The normalized spacial score (nSPS) is 19.8. The number of anilines is 1. The second-order valence-electron chi connectivity index (χ2n) is 6.15.